The second-order valence-corrected chi connectivity index (χ2v) is 5.91. The lowest BCUT2D eigenvalue weighted by atomic mass is 10.1. The third-order valence-electron chi connectivity index (χ3n) is 3.28. The van der Waals surface area contributed by atoms with Gasteiger partial charge in [0.05, 0.1) is 17.2 Å². The Labute approximate surface area is 146 Å². The first-order valence-corrected chi connectivity index (χ1v) is 7.91. The minimum Gasteiger partial charge on any atom is -0.539 e. The molecule has 1 heterocycles. The van der Waals surface area contributed by atoms with E-state index in [-0.39, 0.29) is 0 Å². The third-order valence-corrected chi connectivity index (χ3v) is 3.81. The van der Waals surface area contributed by atoms with E-state index in [2.05, 4.69) is 35.9 Å². The Balaban J connectivity index is 1.72. The normalized spacial score (nSPS) is 12.0. The standard InChI is InChI=1S/C17H13BrN4O2/c1-12(20-19-10-13-2-6-15(18)7-3-13)14-4-8-16(9-5-14)22-11-17(23)24-21-22/h2-11H,1H3/b19-10+,20-12+. The molecule has 7 heteroatoms. The van der Waals surface area contributed by atoms with E-state index in [0.29, 0.717) is 0 Å². The lowest BCUT2D eigenvalue weighted by molar-refractivity contribution is -0.670. The topological polar surface area (TPSA) is 77.7 Å². The van der Waals surface area contributed by atoms with E-state index in [4.69, 9.17) is 0 Å². The van der Waals surface area contributed by atoms with Crippen LogP contribution in [-0.2, 0) is 0 Å². The highest BCUT2D eigenvalue weighted by atomic mass is 79.9. The van der Waals surface area contributed by atoms with Crippen molar-refractivity contribution in [1.29, 1.82) is 0 Å². The Morgan fingerprint density at radius 1 is 1.17 bits per heavy atom. The van der Waals surface area contributed by atoms with Crippen molar-refractivity contribution in [3.63, 3.8) is 0 Å². The first-order chi connectivity index (χ1) is 11.6. The van der Waals surface area contributed by atoms with Gasteiger partial charge in [0.25, 0.3) is 0 Å². The molecule has 0 unspecified atom stereocenters. The molecule has 0 radical (unpaired) electrons. The highest BCUT2D eigenvalue weighted by Gasteiger charge is 2.09. The molecule has 0 aliphatic rings. The molecular weight excluding hydrogens is 372 g/mol. The van der Waals surface area contributed by atoms with Gasteiger partial charge in [0.1, 0.15) is 5.95 Å². The molecule has 0 spiro atoms. The van der Waals surface area contributed by atoms with Crippen molar-refractivity contribution in [2.24, 2.45) is 10.2 Å². The maximum absolute atomic E-state index is 11.0. The summed E-state index contributed by atoms with van der Waals surface area (Å²) in [6, 6.07) is 15.2. The van der Waals surface area contributed by atoms with Crippen LogP contribution in [0.25, 0.3) is 5.69 Å². The predicted molar refractivity (Wildman–Crippen MR) is 91.4 cm³/mol. The Morgan fingerprint density at radius 3 is 2.50 bits per heavy atom. The van der Waals surface area contributed by atoms with E-state index in [1.807, 2.05) is 55.5 Å². The molecule has 0 fully saturated rings. The van der Waals surface area contributed by atoms with Crippen molar-refractivity contribution in [3.05, 3.63) is 70.3 Å². The summed E-state index contributed by atoms with van der Waals surface area (Å²) in [7, 11) is 0. The third kappa shape index (κ3) is 3.94. The average molecular weight is 385 g/mol. The minimum atomic E-state index is -0.487. The quantitative estimate of drug-likeness (QED) is 0.394. The van der Waals surface area contributed by atoms with Crippen LogP contribution in [0.3, 0.4) is 0 Å². The molecule has 0 saturated heterocycles. The molecule has 0 atom stereocenters. The zero-order valence-electron chi connectivity index (χ0n) is 12.8. The summed E-state index contributed by atoms with van der Waals surface area (Å²) >= 11 is 3.39. The number of rotatable bonds is 4. The van der Waals surface area contributed by atoms with Crippen LogP contribution in [0.15, 0.2) is 73.9 Å². The summed E-state index contributed by atoms with van der Waals surface area (Å²) < 4.78 is 6.91. The number of benzene rings is 2. The lowest BCUT2D eigenvalue weighted by Gasteiger charge is -1.98. The van der Waals surface area contributed by atoms with Crippen LogP contribution in [0.2, 0.25) is 0 Å². The summed E-state index contributed by atoms with van der Waals surface area (Å²) in [5.74, 6) is -0.487. The summed E-state index contributed by atoms with van der Waals surface area (Å²) in [4.78, 5) is 0. The van der Waals surface area contributed by atoms with Gasteiger partial charge in [-0.25, -0.2) is 0 Å². The highest BCUT2D eigenvalue weighted by molar-refractivity contribution is 9.10. The van der Waals surface area contributed by atoms with E-state index in [1.54, 1.807) is 6.21 Å². The van der Waals surface area contributed by atoms with Crippen LogP contribution in [0, 0.1) is 0 Å². The zero-order valence-corrected chi connectivity index (χ0v) is 14.3. The van der Waals surface area contributed by atoms with Gasteiger partial charge in [-0.2, -0.15) is 10.2 Å². The summed E-state index contributed by atoms with van der Waals surface area (Å²) in [5.41, 5.74) is 3.42. The molecule has 0 aliphatic heterocycles. The number of hydrogen-bond acceptors (Lipinski definition) is 5. The van der Waals surface area contributed by atoms with E-state index in [1.165, 1.54) is 10.9 Å². The molecule has 6 nitrogen and oxygen atoms in total. The van der Waals surface area contributed by atoms with Gasteiger partial charge in [0, 0.05) is 16.6 Å². The second kappa shape index (κ2) is 7.18. The summed E-state index contributed by atoms with van der Waals surface area (Å²) in [6.07, 6.45) is 2.98. The molecule has 0 bridgehead atoms. The monoisotopic (exact) mass is 384 g/mol. The fraction of sp³-hybridized carbons (Fsp3) is 0.0588. The van der Waals surface area contributed by atoms with Crippen molar-refractivity contribution >= 4 is 27.9 Å². The van der Waals surface area contributed by atoms with Gasteiger partial charge < -0.3 is 9.63 Å². The van der Waals surface area contributed by atoms with Gasteiger partial charge >= 0.3 is 0 Å². The highest BCUT2D eigenvalue weighted by Crippen LogP contribution is 2.10. The van der Waals surface area contributed by atoms with Gasteiger partial charge in [-0.1, -0.05) is 28.1 Å². The van der Waals surface area contributed by atoms with Crippen molar-refractivity contribution in [3.8, 4) is 11.6 Å². The van der Waals surface area contributed by atoms with Gasteiger partial charge in [-0.3, -0.25) is 0 Å². The molecule has 0 aliphatic carbocycles. The fourth-order valence-corrected chi connectivity index (χ4v) is 2.26. The molecule has 3 rings (SSSR count). The Kier molecular flexibility index (Phi) is 4.81. The van der Waals surface area contributed by atoms with Crippen LogP contribution in [0.5, 0.6) is 5.95 Å². The molecule has 24 heavy (non-hydrogen) atoms. The molecule has 1 aromatic heterocycles. The maximum atomic E-state index is 11.0. The van der Waals surface area contributed by atoms with Crippen LogP contribution < -0.4 is 9.79 Å². The van der Waals surface area contributed by atoms with E-state index in [0.717, 1.165) is 27.0 Å². The van der Waals surface area contributed by atoms with E-state index < -0.39 is 5.95 Å². The van der Waals surface area contributed by atoms with Crippen LogP contribution in [-0.4, -0.2) is 17.2 Å². The Hall–Kier alpha value is -2.80. The first-order valence-electron chi connectivity index (χ1n) is 7.11. The largest absolute Gasteiger partial charge is 0.539 e. The summed E-state index contributed by atoms with van der Waals surface area (Å²) in [6.45, 7) is 1.88. The number of hydrogen-bond donors (Lipinski definition) is 0. The minimum absolute atomic E-state index is 0.487. The Morgan fingerprint density at radius 2 is 1.88 bits per heavy atom. The van der Waals surface area contributed by atoms with Crippen molar-refractivity contribution < 1.29 is 14.3 Å². The Bertz CT molecular complexity index is 884. The molecule has 0 amide bonds. The predicted octanol–water partition coefficient (Wildman–Crippen LogP) is 2.63. The maximum Gasteiger partial charge on any atom is 0.239 e. The summed E-state index contributed by atoms with van der Waals surface area (Å²) in [5, 5.41) is 22.9. The van der Waals surface area contributed by atoms with Crippen molar-refractivity contribution in [1.82, 2.24) is 5.27 Å². The fourth-order valence-electron chi connectivity index (χ4n) is 2.00. The van der Waals surface area contributed by atoms with Gasteiger partial charge in [-0.15, -0.1) is 0 Å². The number of nitrogens with zero attached hydrogens (tertiary/aromatic N) is 4. The molecule has 3 aromatic rings. The molecule has 0 saturated carbocycles. The lowest BCUT2D eigenvalue weighted by Crippen LogP contribution is -2.31. The SMILES string of the molecule is C/C(=N\N=C\c1ccc(Br)cc1)c1ccc(-[n+]2cc([O-])on2)cc1. The molecule has 2 aromatic carbocycles. The van der Waals surface area contributed by atoms with Crippen LogP contribution in [0.1, 0.15) is 18.1 Å². The average Bonchev–Trinajstić information content (AvgIpc) is 3.03. The number of halogens is 1. The van der Waals surface area contributed by atoms with Crippen molar-refractivity contribution in [2.45, 2.75) is 6.92 Å². The van der Waals surface area contributed by atoms with Gasteiger partial charge in [-0.05, 0) is 47.0 Å². The van der Waals surface area contributed by atoms with Crippen molar-refractivity contribution in [2.75, 3.05) is 0 Å². The second-order valence-electron chi connectivity index (χ2n) is 4.99. The number of aromatic nitrogens is 2. The molecular formula is C17H13BrN4O2. The first kappa shape index (κ1) is 16.1. The van der Waals surface area contributed by atoms with E-state index in [9.17, 15) is 5.11 Å². The van der Waals surface area contributed by atoms with Gasteiger partial charge in [0.2, 0.25) is 11.9 Å². The molecule has 120 valence electrons. The van der Waals surface area contributed by atoms with Crippen LogP contribution in [0.4, 0.5) is 0 Å². The smallest absolute Gasteiger partial charge is 0.239 e. The van der Waals surface area contributed by atoms with Crippen LogP contribution >= 0.6 is 15.9 Å². The molecule has 0 N–H and O–H groups in total. The zero-order chi connectivity index (χ0) is 16.9. The van der Waals surface area contributed by atoms with Gasteiger partial charge in [0.15, 0.2) is 0 Å². The van der Waals surface area contributed by atoms with E-state index >= 15 is 0 Å².